The maximum Gasteiger partial charge on any atom is 0.266 e. The number of amides is 2. The molecule has 2 amide bonds. The van der Waals surface area contributed by atoms with Crippen molar-refractivity contribution in [2.45, 2.75) is 39.2 Å². The third kappa shape index (κ3) is 5.93. The van der Waals surface area contributed by atoms with Crippen molar-refractivity contribution >= 4 is 46.2 Å². The van der Waals surface area contributed by atoms with Gasteiger partial charge in [-0.3, -0.25) is 14.5 Å². The summed E-state index contributed by atoms with van der Waals surface area (Å²) >= 11 is 6.49. The molecule has 0 spiro atoms. The molecule has 1 fully saturated rings. The number of nitrogens with one attached hydrogen (secondary N) is 1. The summed E-state index contributed by atoms with van der Waals surface area (Å²) in [6.07, 6.45) is 2.58. The molecule has 0 unspecified atom stereocenters. The van der Waals surface area contributed by atoms with Gasteiger partial charge in [0.25, 0.3) is 5.91 Å². The third-order valence-electron chi connectivity index (χ3n) is 3.34. The van der Waals surface area contributed by atoms with Crippen molar-refractivity contribution in [1.82, 2.24) is 10.2 Å². The Balaban J connectivity index is 1.93. The van der Waals surface area contributed by atoms with E-state index in [9.17, 15) is 14.0 Å². The van der Waals surface area contributed by atoms with E-state index in [0.717, 1.165) is 5.56 Å². The summed E-state index contributed by atoms with van der Waals surface area (Å²) in [5.41, 5.74) is 0.475. The van der Waals surface area contributed by atoms with E-state index in [2.05, 4.69) is 5.32 Å². The second-order valence-electron chi connectivity index (χ2n) is 6.79. The van der Waals surface area contributed by atoms with Crippen molar-refractivity contribution in [3.05, 3.63) is 40.6 Å². The average Bonchev–Trinajstić information content (AvgIpc) is 2.75. The standard InChI is InChI=1S/C18H21FN2O2S2/c1-18(2,3)20-15(22)5-4-10-21-16(23)14(25-17(21)24)11-12-6-8-13(19)9-7-12/h6-9,11H,4-5,10H2,1-3H3,(H,20,22)/b14-11-. The summed E-state index contributed by atoms with van der Waals surface area (Å²) in [7, 11) is 0. The van der Waals surface area contributed by atoms with Crippen LogP contribution in [0.4, 0.5) is 4.39 Å². The maximum absolute atomic E-state index is 13.0. The normalized spacial score (nSPS) is 16.6. The van der Waals surface area contributed by atoms with Gasteiger partial charge in [0, 0.05) is 18.5 Å². The lowest BCUT2D eigenvalue weighted by atomic mass is 10.1. The first kappa shape index (κ1) is 19.6. The topological polar surface area (TPSA) is 49.4 Å². The van der Waals surface area contributed by atoms with Crippen LogP contribution in [0.15, 0.2) is 29.2 Å². The molecule has 1 heterocycles. The molecule has 2 rings (SSSR count). The van der Waals surface area contributed by atoms with Crippen molar-refractivity contribution < 1.29 is 14.0 Å². The molecule has 1 N–H and O–H groups in total. The number of nitrogens with zero attached hydrogens (tertiary/aromatic N) is 1. The molecule has 0 radical (unpaired) electrons. The highest BCUT2D eigenvalue weighted by Crippen LogP contribution is 2.32. The molecule has 1 aliphatic heterocycles. The molecule has 1 aromatic rings. The second kappa shape index (κ2) is 8.10. The largest absolute Gasteiger partial charge is 0.352 e. The number of carbonyl (C=O) groups is 2. The molecular weight excluding hydrogens is 359 g/mol. The number of carbonyl (C=O) groups excluding carboxylic acids is 2. The number of thiocarbonyl (C=S) groups is 1. The van der Waals surface area contributed by atoms with Crippen LogP contribution in [0.25, 0.3) is 6.08 Å². The van der Waals surface area contributed by atoms with Gasteiger partial charge >= 0.3 is 0 Å². The molecule has 134 valence electrons. The van der Waals surface area contributed by atoms with Gasteiger partial charge in [0.2, 0.25) is 5.91 Å². The maximum atomic E-state index is 13.0. The summed E-state index contributed by atoms with van der Waals surface area (Å²) in [4.78, 5) is 26.3. The number of thioether (sulfide) groups is 1. The molecule has 1 aromatic carbocycles. The van der Waals surface area contributed by atoms with Gasteiger partial charge < -0.3 is 5.32 Å². The van der Waals surface area contributed by atoms with Crippen LogP contribution >= 0.6 is 24.0 Å². The minimum atomic E-state index is -0.321. The smallest absolute Gasteiger partial charge is 0.266 e. The Morgan fingerprint density at radius 2 is 1.96 bits per heavy atom. The van der Waals surface area contributed by atoms with Crippen LogP contribution in [-0.2, 0) is 9.59 Å². The predicted octanol–water partition coefficient (Wildman–Crippen LogP) is 3.72. The first-order valence-corrected chi connectivity index (χ1v) is 9.20. The van der Waals surface area contributed by atoms with Gasteiger partial charge in [-0.2, -0.15) is 0 Å². The monoisotopic (exact) mass is 380 g/mol. The molecule has 7 heteroatoms. The number of hydrogen-bond acceptors (Lipinski definition) is 4. The molecule has 0 saturated carbocycles. The first-order chi connectivity index (χ1) is 11.7. The first-order valence-electron chi connectivity index (χ1n) is 7.98. The molecule has 0 aromatic heterocycles. The molecular formula is C18H21FN2O2S2. The summed E-state index contributed by atoms with van der Waals surface area (Å²) in [5, 5.41) is 2.89. The van der Waals surface area contributed by atoms with E-state index >= 15 is 0 Å². The van der Waals surface area contributed by atoms with Gasteiger partial charge in [-0.1, -0.05) is 36.1 Å². The van der Waals surface area contributed by atoms with Gasteiger partial charge in [-0.05, 0) is 51.0 Å². The summed E-state index contributed by atoms with van der Waals surface area (Å²) in [6, 6.07) is 5.91. The highest BCUT2D eigenvalue weighted by molar-refractivity contribution is 8.26. The lowest BCUT2D eigenvalue weighted by molar-refractivity contribution is -0.124. The van der Waals surface area contributed by atoms with Crippen molar-refractivity contribution in [3.8, 4) is 0 Å². The minimum absolute atomic E-state index is 0.0419. The minimum Gasteiger partial charge on any atom is -0.352 e. The van der Waals surface area contributed by atoms with E-state index in [4.69, 9.17) is 12.2 Å². The lowest BCUT2D eigenvalue weighted by Crippen LogP contribution is -2.40. The Morgan fingerprint density at radius 3 is 2.56 bits per heavy atom. The second-order valence-corrected chi connectivity index (χ2v) is 8.46. The van der Waals surface area contributed by atoms with Crippen molar-refractivity contribution in [3.63, 3.8) is 0 Å². The molecule has 0 atom stereocenters. The molecule has 25 heavy (non-hydrogen) atoms. The van der Waals surface area contributed by atoms with E-state index in [1.54, 1.807) is 18.2 Å². The summed E-state index contributed by atoms with van der Waals surface area (Å²) in [5.74, 6) is -0.534. The predicted molar refractivity (Wildman–Crippen MR) is 103 cm³/mol. The SMILES string of the molecule is CC(C)(C)NC(=O)CCCN1C(=O)/C(=C/c2ccc(F)cc2)SC1=S. The van der Waals surface area contributed by atoms with Gasteiger partial charge in [0.15, 0.2) is 0 Å². The number of benzene rings is 1. The van der Waals surface area contributed by atoms with Crippen molar-refractivity contribution in [2.75, 3.05) is 6.54 Å². The zero-order valence-electron chi connectivity index (χ0n) is 14.5. The van der Waals surface area contributed by atoms with Gasteiger partial charge in [0.1, 0.15) is 10.1 Å². The van der Waals surface area contributed by atoms with E-state index in [1.807, 2.05) is 20.8 Å². The van der Waals surface area contributed by atoms with Crippen LogP contribution in [0, 0.1) is 5.82 Å². The van der Waals surface area contributed by atoms with Crippen LogP contribution in [0.2, 0.25) is 0 Å². The Labute approximate surface area is 156 Å². The van der Waals surface area contributed by atoms with Crippen LogP contribution < -0.4 is 5.32 Å². The fourth-order valence-corrected chi connectivity index (χ4v) is 3.59. The lowest BCUT2D eigenvalue weighted by Gasteiger charge is -2.21. The molecule has 0 aliphatic carbocycles. The van der Waals surface area contributed by atoms with E-state index in [1.165, 1.54) is 28.8 Å². The zero-order valence-corrected chi connectivity index (χ0v) is 16.1. The Hall–Kier alpha value is -1.73. The van der Waals surface area contributed by atoms with E-state index in [-0.39, 0.29) is 23.2 Å². The Bertz CT molecular complexity index is 709. The molecule has 4 nitrogen and oxygen atoms in total. The van der Waals surface area contributed by atoms with Crippen LogP contribution in [0.1, 0.15) is 39.2 Å². The van der Waals surface area contributed by atoms with Crippen LogP contribution in [-0.4, -0.2) is 33.1 Å². The molecule has 1 saturated heterocycles. The van der Waals surface area contributed by atoms with E-state index < -0.39 is 0 Å². The van der Waals surface area contributed by atoms with Gasteiger partial charge in [0.05, 0.1) is 4.91 Å². The Kier molecular flexibility index (Phi) is 6.35. The summed E-state index contributed by atoms with van der Waals surface area (Å²) < 4.78 is 13.4. The molecule has 1 aliphatic rings. The van der Waals surface area contributed by atoms with E-state index in [0.29, 0.717) is 28.6 Å². The fourth-order valence-electron chi connectivity index (χ4n) is 2.28. The van der Waals surface area contributed by atoms with Crippen molar-refractivity contribution in [1.29, 1.82) is 0 Å². The van der Waals surface area contributed by atoms with Crippen LogP contribution in [0.3, 0.4) is 0 Å². The zero-order chi connectivity index (χ0) is 18.6. The molecule has 0 bridgehead atoms. The highest BCUT2D eigenvalue weighted by atomic mass is 32.2. The third-order valence-corrected chi connectivity index (χ3v) is 4.72. The average molecular weight is 381 g/mol. The fraction of sp³-hybridized carbons (Fsp3) is 0.389. The summed E-state index contributed by atoms with van der Waals surface area (Å²) in [6.45, 7) is 6.18. The Morgan fingerprint density at radius 1 is 1.32 bits per heavy atom. The highest BCUT2D eigenvalue weighted by Gasteiger charge is 2.31. The van der Waals surface area contributed by atoms with Gasteiger partial charge in [-0.15, -0.1) is 0 Å². The van der Waals surface area contributed by atoms with Gasteiger partial charge in [-0.25, -0.2) is 4.39 Å². The quantitative estimate of drug-likeness (QED) is 0.625. The number of halogens is 1. The number of hydrogen-bond donors (Lipinski definition) is 1. The number of rotatable bonds is 5. The van der Waals surface area contributed by atoms with Crippen LogP contribution in [0.5, 0.6) is 0 Å². The van der Waals surface area contributed by atoms with Crippen molar-refractivity contribution in [2.24, 2.45) is 0 Å².